The molecule has 0 heterocycles. The molecule has 3 heteroatoms. The van der Waals surface area contributed by atoms with Crippen LogP contribution in [0, 0.1) is 5.92 Å². The monoisotopic (exact) mass is 252 g/mol. The van der Waals surface area contributed by atoms with Crippen LogP contribution in [0.4, 0.5) is 0 Å². The Bertz CT molecular complexity index is 366. The fraction of sp³-hybridized carbons (Fsp3) is 0.667. The van der Waals surface area contributed by atoms with Gasteiger partial charge in [-0.2, -0.15) is 0 Å². The molecule has 0 aliphatic heterocycles. The molecule has 1 aliphatic carbocycles. The maximum Gasteiger partial charge on any atom is 0.158 e. The Morgan fingerprint density at radius 2 is 2.28 bits per heavy atom. The number of hydrogen-bond acceptors (Lipinski definition) is 3. The van der Waals surface area contributed by atoms with Gasteiger partial charge in [0.25, 0.3) is 0 Å². The number of aliphatic hydroxyl groups is 2. The van der Waals surface area contributed by atoms with Gasteiger partial charge in [0.2, 0.25) is 0 Å². The Morgan fingerprint density at radius 1 is 1.67 bits per heavy atom. The highest BCUT2D eigenvalue weighted by atomic mass is 16.3. The molecule has 3 nitrogen and oxygen atoms in total. The first-order valence-electron chi connectivity index (χ1n) is 6.50. The Morgan fingerprint density at radius 3 is 2.78 bits per heavy atom. The average Bonchev–Trinajstić information content (AvgIpc) is 2.29. The predicted octanol–water partition coefficient (Wildman–Crippen LogP) is 2.38. The SMILES string of the molecule is C=C(C)C(O)CCC(C)(O)C1CC=C(C)C(=O)C1. The maximum atomic E-state index is 11.7. The van der Waals surface area contributed by atoms with Gasteiger partial charge in [-0.3, -0.25) is 4.79 Å². The van der Waals surface area contributed by atoms with Crippen LogP contribution in [-0.4, -0.2) is 27.7 Å². The summed E-state index contributed by atoms with van der Waals surface area (Å²) in [6.45, 7) is 9.04. The lowest BCUT2D eigenvalue weighted by atomic mass is 9.75. The molecule has 0 aromatic carbocycles. The van der Waals surface area contributed by atoms with Crippen molar-refractivity contribution in [2.24, 2.45) is 5.92 Å². The minimum Gasteiger partial charge on any atom is -0.390 e. The van der Waals surface area contributed by atoms with E-state index in [-0.39, 0.29) is 11.7 Å². The van der Waals surface area contributed by atoms with Crippen LogP contribution in [0.25, 0.3) is 0 Å². The lowest BCUT2D eigenvalue weighted by Gasteiger charge is -2.34. The van der Waals surface area contributed by atoms with Crippen LogP contribution in [0.1, 0.15) is 46.5 Å². The quantitative estimate of drug-likeness (QED) is 0.739. The molecule has 0 aromatic rings. The molecule has 102 valence electrons. The van der Waals surface area contributed by atoms with E-state index in [1.807, 2.05) is 13.0 Å². The molecule has 0 spiro atoms. The van der Waals surface area contributed by atoms with E-state index in [9.17, 15) is 15.0 Å². The number of aliphatic hydroxyl groups excluding tert-OH is 1. The van der Waals surface area contributed by atoms with E-state index in [4.69, 9.17) is 0 Å². The maximum absolute atomic E-state index is 11.7. The minimum absolute atomic E-state index is 0.0500. The van der Waals surface area contributed by atoms with Crippen molar-refractivity contribution in [1.82, 2.24) is 0 Å². The van der Waals surface area contributed by atoms with E-state index in [1.54, 1.807) is 13.8 Å². The van der Waals surface area contributed by atoms with Crippen molar-refractivity contribution in [2.45, 2.75) is 58.2 Å². The number of carbonyl (C=O) groups excluding carboxylic acids is 1. The molecule has 0 saturated carbocycles. The summed E-state index contributed by atoms with van der Waals surface area (Å²) < 4.78 is 0. The molecular weight excluding hydrogens is 228 g/mol. The first-order chi connectivity index (χ1) is 8.24. The van der Waals surface area contributed by atoms with Crippen molar-refractivity contribution in [3.05, 3.63) is 23.8 Å². The van der Waals surface area contributed by atoms with Crippen molar-refractivity contribution < 1.29 is 15.0 Å². The number of rotatable bonds is 5. The number of ketones is 1. The molecule has 3 unspecified atom stereocenters. The third kappa shape index (κ3) is 3.79. The fourth-order valence-electron chi connectivity index (χ4n) is 2.25. The molecule has 0 fully saturated rings. The van der Waals surface area contributed by atoms with Gasteiger partial charge in [0, 0.05) is 6.42 Å². The standard InChI is InChI=1S/C15H24O3/c1-10(2)13(16)7-8-15(4,18)12-6-5-11(3)14(17)9-12/h5,12-13,16,18H,1,6-9H2,2-4H3. The van der Waals surface area contributed by atoms with Crippen molar-refractivity contribution in [2.75, 3.05) is 0 Å². The third-order valence-corrected chi connectivity index (χ3v) is 3.95. The zero-order chi connectivity index (χ0) is 13.9. The van der Waals surface area contributed by atoms with Crippen LogP contribution in [0.15, 0.2) is 23.8 Å². The Kier molecular flexibility index (Phi) is 4.88. The first-order valence-corrected chi connectivity index (χ1v) is 6.50. The molecular formula is C15H24O3. The number of hydrogen-bond donors (Lipinski definition) is 2. The second-order valence-electron chi connectivity index (χ2n) is 5.71. The second-order valence-corrected chi connectivity index (χ2v) is 5.71. The lowest BCUT2D eigenvalue weighted by Crippen LogP contribution is -2.38. The summed E-state index contributed by atoms with van der Waals surface area (Å²) in [5.41, 5.74) is 0.591. The summed E-state index contributed by atoms with van der Waals surface area (Å²) in [4.78, 5) is 11.7. The number of allylic oxidation sites excluding steroid dienone is 2. The molecule has 0 radical (unpaired) electrons. The molecule has 1 aliphatic rings. The zero-order valence-electron chi connectivity index (χ0n) is 11.6. The van der Waals surface area contributed by atoms with Crippen molar-refractivity contribution >= 4 is 5.78 Å². The molecule has 0 bridgehead atoms. The van der Waals surface area contributed by atoms with E-state index >= 15 is 0 Å². The van der Waals surface area contributed by atoms with E-state index in [0.717, 1.165) is 12.0 Å². The van der Waals surface area contributed by atoms with Gasteiger partial charge in [0.15, 0.2) is 5.78 Å². The fourth-order valence-corrected chi connectivity index (χ4v) is 2.25. The van der Waals surface area contributed by atoms with Crippen LogP contribution in [0.2, 0.25) is 0 Å². The van der Waals surface area contributed by atoms with Crippen LogP contribution < -0.4 is 0 Å². The van der Waals surface area contributed by atoms with Crippen molar-refractivity contribution in [3.63, 3.8) is 0 Å². The van der Waals surface area contributed by atoms with Gasteiger partial charge in [-0.1, -0.05) is 18.2 Å². The highest BCUT2D eigenvalue weighted by Gasteiger charge is 2.35. The topological polar surface area (TPSA) is 57.5 Å². The molecule has 18 heavy (non-hydrogen) atoms. The van der Waals surface area contributed by atoms with Crippen LogP contribution in [0.3, 0.4) is 0 Å². The van der Waals surface area contributed by atoms with Gasteiger partial charge in [-0.15, -0.1) is 0 Å². The Balaban J connectivity index is 2.59. The van der Waals surface area contributed by atoms with Gasteiger partial charge in [-0.25, -0.2) is 0 Å². The molecule has 0 saturated heterocycles. The summed E-state index contributed by atoms with van der Waals surface area (Å²) >= 11 is 0. The molecule has 3 atom stereocenters. The summed E-state index contributed by atoms with van der Waals surface area (Å²) in [6, 6.07) is 0. The number of carbonyl (C=O) groups is 1. The zero-order valence-corrected chi connectivity index (χ0v) is 11.6. The van der Waals surface area contributed by atoms with Gasteiger partial charge >= 0.3 is 0 Å². The van der Waals surface area contributed by atoms with Gasteiger partial charge in [-0.05, 0) is 51.5 Å². The first kappa shape index (κ1) is 15.1. The molecule has 2 N–H and O–H groups in total. The highest BCUT2D eigenvalue weighted by molar-refractivity contribution is 5.95. The van der Waals surface area contributed by atoms with Gasteiger partial charge < -0.3 is 10.2 Å². The largest absolute Gasteiger partial charge is 0.390 e. The van der Waals surface area contributed by atoms with Crippen LogP contribution >= 0.6 is 0 Å². The second kappa shape index (κ2) is 5.81. The third-order valence-electron chi connectivity index (χ3n) is 3.95. The van der Waals surface area contributed by atoms with E-state index in [2.05, 4.69) is 6.58 Å². The van der Waals surface area contributed by atoms with Crippen LogP contribution in [0.5, 0.6) is 0 Å². The summed E-state index contributed by atoms with van der Waals surface area (Å²) in [5, 5.41) is 20.1. The number of Topliss-reactive ketones (excluding diaryl/α,β-unsaturated/α-hetero) is 1. The normalized spacial score (nSPS) is 25.3. The minimum atomic E-state index is -0.913. The van der Waals surface area contributed by atoms with Gasteiger partial charge in [0.1, 0.15) is 0 Å². The van der Waals surface area contributed by atoms with E-state index < -0.39 is 11.7 Å². The van der Waals surface area contributed by atoms with E-state index in [1.165, 1.54) is 0 Å². The molecule has 0 amide bonds. The highest BCUT2D eigenvalue weighted by Crippen LogP contribution is 2.33. The Hall–Kier alpha value is -0.930. The lowest BCUT2D eigenvalue weighted by molar-refractivity contribution is -0.120. The Labute approximate surface area is 109 Å². The summed E-state index contributed by atoms with van der Waals surface area (Å²) in [5.74, 6) is 0.0676. The summed E-state index contributed by atoms with van der Waals surface area (Å²) in [6.07, 6.45) is 3.42. The summed E-state index contributed by atoms with van der Waals surface area (Å²) in [7, 11) is 0. The predicted molar refractivity (Wildman–Crippen MR) is 72.2 cm³/mol. The average molecular weight is 252 g/mol. The van der Waals surface area contributed by atoms with Gasteiger partial charge in [0.05, 0.1) is 11.7 Å². The van der Waals surface area contributed by atoms with Crippen molar-refractivity contribution in [3.8, 4) is 0 Å². The van der Waals surface area contributed by atoms with E-state index in [0.29, 0.717) is 24.8 Å². The van der Waals surface area contributed by atoms with Crippen molar-refractivity contribution in [1.29, 1.82) is 0 Å². The van der Waals surface area contributed by atoms with Crippen LogP contribution in [-0.2, 0) is 4.79 Å². The molecule has 1 rings (SSSR count). The molecule has 0 aromatic heterocycles. The smallest absolute Gasteiger partial charge is 0.158 e.